The summed E-state index contributed by atoms with van der Waals surface area (Å²) in [6, 6.07) is 1.89. The van der Waals surface area contributed by atoms with Crippen LogP contribution in [0, 0.1) is 0 Å². The third kappa shape index (κ3) is 2.75. The molecule has 0 aliphatic heterocycles. The summed E-state index contributed by atoms with van der Waals surface area (Å²) in [5.74, 6) is -0.126. The Morgan fingerprint density at radius 3 is 3.08 bits per heavy atom. The lowest BCUT2D eigenvalue weighted by atomic mass is 10.3. The van der Waals surface area contributed by atoms with E-state index in [-0.39, 0.29) is 18.9 Å². The van der Waals surface area contributed by atoms with E-state index in [1.807, 2.05) is 12.3 Å². The lowest BCUT2D eigenvalue weighted by molar-refractivity contribution is -0.121. The van der Waals surface area contributed by atoms with Crippen molar-refractivity contribution in [3.8, 4) is 0 Å². The van der Waals surface area contributed by atoms with Gasteiger partial charge in [0.25, 0.3) is 0 Å². The molecule has 4 nitrogen and oxygen atoms in total. The summed E-state index contributed by atoms with van der Waals surface area (Å²) in [5, 5.41) is 11.1. The lowest BCUT2D eigenvalue weighted by Crippen LogP contribution is -2.23. The number of carbonyl (C=O) groups excluding carboxylic acids is 1. The molecule has 0 aliphatic rings. The van der Waals surface area contributed by atoms with E-state index in [9.17, 15) is 4.79 Å². The van der Waals surface area contributed by atoms with Gasteiger partial charge in [0.2, 0.25) is 5.91 Å². The van der Waals surface area contributed by atoms with Crippen molar-refractivity contribution in [2.24, 2.45) is 0 Å². The molecule has 0 saturated heterocycles. The number of hydrogen-bond donors (Lipinski definition) is 3. The maximum atomic E-state index is 10.9. The zero-order valence-corrected chi connectivity index (χ0v) is 6.71. The molecule has 0 spiro atoms. The number of aromatic amines is 1. The molecule has 1 amide bonds. The number of aliphatic hydroxyl groups excluding tert-OH is 1. The highest BCUT2D eigenvalue weighted by molar-refractivity contribution is 5.75. The summed E-state index contributed by atoms with van der Waals surface area (Å²) in [6.45, 7) is 0.418. The molecule has 0 aromatic carbocycles. The maximum Gasteiger partial charge on any atom is 0.222 e. The van der Waals surface area contributed by atoms with Crippen LogP contribution >= 0.6 is 0 Å². The van der Waals surface area contributed by atoms with Crippen LogP contribution in [-0.2, 0) is 11.3 Å². The summed E-state index contributed by atoms with van der Waals surface area (Å²) < 4.78 is 0. The standard InChI is InChI=1S/C8H12N2O2/c11-4-2-8(12)10-6-7-1-3-9-5-7/h1,3,5,9,11H,2,4,6H2,(H,10,12). The minimum absolute atomic E-state index is 0.0982. The Labute approximate surface area is 70.6 Å². The van der Waals surface area contributed by atoms with Crippen molar-refractivity contribution in [3.05, 3.63) is 24.0 Å². The Balaban J connectivity index is 2.22. The molecule has 0 unspecified atom stereocenters. The van der Waals surface area contributed by atoms with E-state index in [1.165, 1.54) is 0 Å². The first-order valence-corrected chi connectivity index (χ1v) is 3.82. The molecule has 4 heteroatoms. The third-order valence-electron chi connectivity index (χ3n) is 1.49. The van der Waals surface area contributed by atoms with Crippen LogP contribution in [0.4, 0.5) is 0 Å². The van der Waals surface area contributed by atoms with Gasteiger partial charge in [-0.05, 0) is 11.6 Å². The van der Waals surface area contributed by atoms with Crippen LogP contribution in [0.2, 0.25) is 0 Å². The van der Waals surface area contributed by atoms with Gasteiger partial charge in [-0.1, -0.05) is 0 Å². The second-order valence-electron chi connectivity index (χ2n) is 2.47. The SMILES string of the molecule is O=C(CCO)NCc1cc[nH]c1. The molecular weight excluding hydrogens is 156 g/mol. The number of rotatable bonds is 4. The summed E-state index contributed by atoms with van der Waals surface area (Å²) in [5.41, 5.74) is 1.03. The number of aliphatic hydroxyl groups is 1. The number of hydrogen-bond acceptors (Lipinski definition) is 2. The fourth-order valence-corrected chi connectivity index (χ4v) is 0.859. The van der Waals surface area contributed by atoms with Crippen molar-refractivity contribution >= 4 is 5.91 Å². The normalized spacial score (nSPS) is 9.75. The number of H-pyrrole nitrogens is 1. The second kappa shape index (κ2) is 4.56. The van der Waals surface area contributed by atoms with Gasteiger partial charge in [-0.25, -0.2) is 0 Å². The highest BCUT2D eigenvalue weighted by atomic mass is 16.3. The van der Waals surface area contributed by atoms with Crippen LogP contribution in [0.25, 0.3) is 0 Å². The van der Waals surface area contributed by atoms with Crippen LogP contribution in [-0.4, -0.2) is 22.6 Å². The van der Waals surface area contributed by atoms with Gasteiger partial charge in [0.1, 0.15) is 0 Å². The molecule has 1 aromatic rings. The second-order valence-corrected chi connectivity index (χ2v) is 2.47. The summed E-state index contributed by atoms with van der Waals surface area (Å²) in [7, 11) is 0. The third-order valence-corrected chi connectivity index (χ3v) is 1.49. The quantitative estimate of drug-likeness (QED) is 0.593. The van der Waals surface area contributed by atoms with Gasteiger partial charge in [0, 0.05) is 25.4 Å². The first kappa shape index (κ1) is 8.80. The van der Waals surface area contributed by atoms with E-state index in [4.69, 9.17) is 5.11 Å². The van der Waals surface area contributed by atoms with Crippen LogP contribution in [0.15, 0.2) is 18.5 Å². The molecule has 0 fully saturated rings. The highest BCUT2D eigenvalue weighted by Gasteiger charge is 1.98. The molecule has 1 rings (SSSR count). The minimum Gasteiger partial charge on any atom is -0.396 e. The summed E-state index contributed by atoms with van der Waals surface area (Å²) in [6.07, 6.45) is 3.79. The Morgan fingerprint density at radius 2 is 2.50 bits per heavy atom. The average molecular weight is 168 g/mol. The monoisotopic (exact) mass is 168 g/mol. The fourth-order valence-electron chi connectivity index (χ4n) is 0.859. The van der Waals surface area contributed by atoms with Gasteiger partial charge < -0.3 is 15.4 Å². The number of nitrogens with one attached hydrogen (secondary N) is 2. The topological polar surface area (TPSA) is 65.1 Å². The molecule has 12 heavy (non-hydrogen) atoms. The molecule has 1 aromatic heterocycles. The van der Waals surface area contributed by atoms with Gasteiger partial charge >= 0.3 is 0 Å². The van der Waals surface area contributed by atoms with E-state index in [0.717, 1.165) is 5.56 Å². The Morgan fingerprint density at radius 1 is 1.67 bits per heavy atom. The van der Waals surface area contributed by atoms with Crippen molar-refractivity contribution in [2.75, 3.05) is 6.61 Å². The van der Waals surface area contributed by atoms with Gasteiger partial charge in [0.05, 0.1) is 6.61 Å². The van der Waals surface area contributed by atoms with E-state index in [0.29, 0.717) is 6.54 Å². The number of aromatic nitrogens is 1. The van der Waals surface area contributed by atoms with Crippen molar-refractivity contribution in [1.82, 2.24) is 10.3 Å². The molecular formula is C8H12N2O2. The molecule has 66 valence electrons. The maximum absolute atomic E-state index is 10.9. The first-order chi connectivity index (χ1) is 5.83. The van der Waals surface area contributed by atoms with Crippen molar-refractivity contribution in [1.29, 1.82) is 0 Å². The fraction of sp³-hybridized carbons (Fsp3) is 0.375. The van der Waals surface area contributed by atoms with Gasteiger partial charge in [-0.2, -0.15) is 0 Å². The first-order valence-electron chi connectivity index (χ1n) is 3.82. The predicted molar refractivity (Wildman–Crippen MR) is 44.3 cm³/mol. The van der Waals surface area contributed by atoms with Crippen LogP contribution in [0.5, 0.6) is 0 Å². The Hall–Kier alpha value is -1.29. The molecule has 0 aliphatic carbocycles. The zero-order chi connectivity index (χ0) is 8.81. The largest absolute Gasteiger partial charge is 0.396 e. The molecule has 0 saturated carbocycles. The number of amides is 1. The highest BCUT2D eigenvalue weighted by Crippen LogP contribution is 1.94. The van der Waals surface area contributed by atoms with Crippen molar-refractivity contribution in [2.45, 2.75) is 13.0 Å². The van der Waals surface area contributed by atoms with Gasteiger partial charge in [-0.3, -0.25) is 4.79 Å². The minimum atomic E-state index is -0.126. The van der Waals surface area contributed by atoms with E-state index >= 15 is 0 Å². The van der Waals surface area contributed by atoms with E-state index in [2.05, 4.69) is 10.3 Å². The molecule has 0 bridgehead atoms. The molecule has 0 atom stereocenters. The van der Waals surface area contributed by atoms with Crippen molar-refractivity contribution < 1.29 is 9.90 Å². The van der Waals surface area contributed by atoms with E-state index in [1.54, 1.807) is 6.20 Å². The zero-order valence-electron chi connectivity index (χ0n) is 6.71. The Kier molecular flexibility index (Phi) is 3.35. The molecule has 3 N–H and O–H groups in total. The van der Waals surface area contributed by atoms with Gasteiger partial charge in [-0.15, -0.1) is 0 Å². The summed E-state index contributed by atoms with van der Waals surface area (Å²) in [4.78, 5) is 13.7. The molecule has 0 radical (unpaired) electrons. The van der Waals surface area contributed by atoms with E-state index < -0.39 is 0 Å². The summed E-state index contributed by atoms with van der Waals surface area (Å²) >= 11 is 0. The smallest absolute Gasteiger partial charge is 0.222 e. The van der Waals surface area contributed by atoms with Crippen LogP contribution in [0.1, 0.15) is 12.0 Å². The average Bonchev–Trinajstić information content (AvgIpc) is 2.53. The predicted octanol–water partition coefficient (Wildman–Crippen LogP) is 0.0133. The van der Waals surface area contributed by atoms with Crippen molar-refractivity contribution in [3.63, 3.8) is 0 Å². The molecule has 1 heterocycles. The number of carbonyl (C=O) groups is 1. The van der Waals surface area contributed by atoms with Crippen LogP contribution < -0.4 is 5.32 Å². The lowest BCUT2D eigenvalue weighted by Gasteiger charge is -2.00. The Bertz CT molecular complexity index is 231. The van der Waals surface area contributed by atoms with Gasteiger partial charge in [0.15, 0.2) is 0 Å². The van der Waals surface area contributed by atoms with Crippen LogP contribution in [0.3, 0.4) is 0 Å².